The van der Waals surface area contributed by atoms with Crippen molar-refractivity contribution >= 4 is 0 Å². The highest BCUT2D eigenvalue weighted by atomic mass is 16.5. The zero-order chi connectivity index (χ0) is 13.2. The standard InChI is InChI=1S/C15H32N2O/c1-4-5-10-18-11-6-8-17-9-7-15(3)16-12-14(2)13-17/h14-16H,4-13H2,1-3H3. The molecule has 0 amide bonds. The van der Waals surface area contributed by atoms with Crippen molar-refractivity contribution in [2.24, 2.45) is 5.92 Å². The smallest absolute Gasteiger partial charge is 0.0478 e. The van der Waals surface area contributed by atoms with Gasteiger partial charge in [0.25, 0.3) is 0 Å². The van der Waals surface area contributed by atoms with Gasteiger partial charge in [-0.2, -0.15) is 0 Å². The van der Waals surface area contributed by atoms with Crippen molar-refractivity contribution in [3.8, 4) is 0 Å². The molecule has 3 heteroatoms. The fraction of sp³-hybridized carbons (Fsp3) is 1.00. The van der Waals surface area contributed by atoms with Gasteiger partial charge in [0, 0.05) is 32.3 Å². The summed E-state index contributed by atoms with van der Waals surface area (Å²) in [5.41, 5.74) is 0. The summed E-state index contributed by atoms with van der Waals surface area (Å²) in [7, 11) is 0. The second-order valence-electron chi connectivity index (χ2n) is 5.82. The van der Waals surface area contributed by atoms with Crippen molar-refractivity contribution < 1.29 is 4.74 Å². The molecule has 1 fully saturated rings. The Morgan fingerprint density at radius 2 is 2.00 bits per heavy atom. The molecule has 108 valence electrons. The highest BCUT2D eigenvalue weighted by Crippen LogP contribution is 2.07. The number of unbranched alkanes of at least 4 members (excludes halogenated alkanes) is 1. The van der Waals surface area contributed by atoms with E-state index in [1.54, 1.807) is 0 Å². The van der Waals surface area contributed by atoms with Crippen LogP contribution in [0.5, 0.6) is 0 Å². The van der Waals surface area contributed by atoms with Crippen molar-refractivity contribution in [3.63, 3.8) is 0 Å². The van der Waals surface area contributed by atoms with Crippen LogP contribution in [0.3, 0.4) is 0 Å². The molecule has 2 unspecified atom stereocenters. The second-order valence-corrected chi connectivity index (χ2v) is 5.82. The largest absolute Gasteiger partial charge is 0.381 e. The summed E-state index contributed by atoms with van der Waals surface area (Å²) in [5.74, 6) is 0.758. The van der Waals surface area contributed by atoms with Crippen LogP contribution in [0.2, 0.25) is 0 Å². The van der Waals surface area contributed by atoms with Crippen LogP contribution in [0.15, 0.2) is 0 Å². The molecule has 0 saturated carbocycles. The Kier molecular flexibility index (Phi) is 8.64. The molecule has 1 rings (SSSR count). The third-order valence-corrected chi connectivity index (χ3v) is 3.67. The topological polar surface area (TPSA) is 24.5 Å². The lowest BCUT2D eigenvalue weighted by atomic mass is 10.1. The van der Waals surface area contributed by atoms with Crippen LogP contribution in [0.4, 0.5) is 0 Å². The van der Waals surface area contributed by atoms with E-state index >= 15 is 0 Å². The molecule has 0 spiro atoms. The Labute approximate surface area is 113 Å². The van der Waals surface area contributed by atoms with E-state index < -0.39 is 0 Å². The van der Waals surface area contributed by atoms with Crippen molar-refractivity contribution in [1.82, 2.24) is 10.2 Å². The number of nitrogens with zero attached hydrogens (tertiary/aromatic N) is 1. The monoisotopic (exact) mass is 256 g/mol. The molecule has 0 bridgehead atoms. The van der Waals surface area contributed by atoms with Gasteiger partial charge in [0.15, 0.2) is 0 Å². The van der Waals surface area contributed by atoms with Crippen molar-refractivity contribution in [2.45, 2.75) is 52.5 Å². The third-order valence-electron chi connectivity index (χ3n) is 3.67. The molecule has 1 N–H and O–H groups in total. The van der Waals surface area contributed by atoms with Crippen LogP contribution >= 0.6 is 0 Å². The molecule has 1 aliphatic rings. The van der Waals surface area contributed by atoms with Gasteiger partial charge in [0.1, 0.15) is 0 Å². The summed E-state index contributed by atoms with van der Waals surface area (Å²) in [6.07, 6.45) is 4.88. The molecule has 0 aliphatic carbocycles. The van der Waals surface area contributed by atoms with Crippen LogP contribution in [0, 0.1) is 5.92 Å². The van der Waals surface area contributed by atoms with Gasteiger partial charge in [-0.1, -0.05) is 20.3 Å². The zero-order valence-corrected chi connectivity index (χ0v) is 12.6. The van der Waals surface area contributed by atoms with Crippen LogP contribution in [-0.2, 0) is 4.74 Å². The average molecular weight is 256 g/mol. The van der Waals surface area contributed by atoms with Gasteiger partial charge in [-0.25, -0.2) is 0 Å². The van der Waals surface area contributed by atoms with Gasteiger partial charge < -0.3 is 15.0 Å². The predicted molar refractivity (Wildman–Crippen MR) is 78.0 cm³/mol. The summed E-state index contributed by atoms with van der Waals surface area (Å²) < 4.78 is 5.63. The number of rotatable bonds is 7. The first-order valence-corrected chi connectivity index (χ1v) is 7.75. The van der Waals surface area contributed by atoms with E-state index in [1.165, 1.54) is 45.3 Å². The molecule has 0 radical (unpaired) electrons. The lowest BCUT2D eigenvalue weighted by Gasteiger charge is -2.31. The van der Waals surface area contributed by atoms with Gasteiger partial charge in [-0.3, -0.25) is 0 Å². The minimum Gasteiger partial charge on any atom is -0.381 e. The number of hydrogen-bond donors (Lipinski definition) is 1. The fourth-order valence-corrected chi connectivity index (χ4v) is 2.42. The second kappa shape index (κ2) is 9.76. The van der Waals surface area contributed by atoms with E-state index in [1.807, 2.05) is 0 Å². The molecule has 0 aromatic rings. The van der Waals surface area contributed by atoms with Crippen molar-refractivity contribution in [1.29, 1.82) is 0 Å². The molecule has 2 atom stereocenters. The third kappa shape index (κ3) is 7.34. The van der Waals surface area contributed by atoms with Gasteiger partial charge in [0.05, 0.1) is 0 Å². The van der Waals surface area contributed by atoms with E-state index in [4.69, 9.17) is 4.74 Å². The normalized spacial score (nSPS) is 26.8. The molecule has 1 aliphatic heterocycles. The maximum absolute atomic E-state index is 5.63. The van der Waals surface area contributed by atoms with E-state index in [0.29, 0.717) is 6.04 Å². The molecule has 3 nitrogen and oxygen atoms in total. The van der Waals surface area contributed by atoms with E-state index in [9.17, 15) is 0 Å². The Balaban J connectivity index is 2.10. The quantitative estimate of drug-likeness (QED) is 0.708. The highest BCUT2D eigenvalue weighted by Gasteiger charge is 2.15. The number of nitrogens with one attached hydrogen (secondary N) is 1. The molecule has 1 saturated heterocycles. The molecule has 18 heavy (non-hydrogen) atoms. The van der Waals surface area contributed by atoms with Crippen LogP contribution < -0.4 is 5.32 Å². The lowest BCUT2D eigenvalue weighted by molar-refractivity contribution is 0.112. The lowest BCUT2D eigenvalue weighted by Crippen LogP contribution is -2.42. The SMILES string of the molecule is CCCCOCCCN1CCC(C)NCC(C)C1. The van der Waals surface area contributed by atoms with Crippen molar-refractivity contribution in [3.05, 3.63) is 0 Å². The zero-order valence-electron chi connectivity index (χ0n) is 12.6. The first kappa shape index (κ1) is 15.9. The Morgan fingerprint density at radius 3 is 2.78 bits per heavy atom. The first-order valence-electron chi connectivity index (χ1n) is 7.75. The van der Waals surface area contributed by atoms with Crippen LogP contribution in [0.1, 0.15) is 46.5 Å². The molecule has 1 heterocycles. The number of ether oxygens (including phenoxy) is 1. The fourth-order valence-electron chi connectivity index (χ4n) is 2.42. The maximum atomic E-state index is 5.63. The van der Waals surface area contributed by atoms with Crippen LogP contribution in [-0.4, -0.2) is 50.3 Å². The van der Waals surface area contributed by atoms with Gasteiger partial charge in [0.2, 0.25) is 0 Å². The molecular weight excluding hydrogens is 224 g/mol. The Morgan fingerprint density at radius 1 is 1.22 bits per heavy atom. The summed E-state index contributed by atoms with van der Waals surface area (Å²) in [4.78, 5) is 2.62. The van der Waals surface area contributed by atoms with E-state index in [2.05, 4.69) is 31.0 Å². The van der Waals surface area contributed by atoms with Gasteiger partial charge in [-0.15, -0.1) is 0 Å². The summed E-state index contributed by atoms with van der Waals surface area (Å²) in [6.45, 7) is 13.5. The minimum absolute atomic E-state index is 0.663. The first-order chi connectivity index (χ1) is 8.72. The van der Waals surface area contributed by atoms with Gasteiger partial charge in [-0.05, 0) is 45.2 Å². The number of hydrogen-bond acceptors (Lipinski definition) is 3. The molecule has 0 aromatic carbocycles. The van der Waals surface area contributed by atoms with E-state index in [0.717, 1.165) is 25.7 Å². The summed E-state index contributed by atoms with van der Waals surface area (Å²) >= 11 is 0. The highest BCUT2D eigenvalue weighted by molar-refractivity contribution is 4.73. The summed E-state index contributed by atoms with van der Waals surface area (Å²) in [5, 5.41) is 3.59. The Bertz CT molecular complexity index is 199. The van der Waals surface area contributed by atoms with E-state index in [-0.39, 0.29) is 0 Å². The minimum atomic E-state index is 0.663. The molecular formula is C15H32N2O. The van der Waals surface area contributed by atoms with Gasteiger partial charge >= 0.3 is 0 Å². The predicted octanol–water partition coefficient (Wildman–Crippen LogP) is 2.51. The molecule has 0 aromatic heterocycles. The average Bonchev–Trinajstić information content (AvgIpc) is 2.35. The van der Waals surface area contributed by atoms with Crippen molar-refractivity contribution in [2.75, 3.05) is 39.4 Å². The summed E-state index contributed by atoms with van der Waals surface area (Å²) in [6, 6.07) is 0.663. The van der Waals surface area contributed by atoms with Crippen LogP contribution in [0.25, 0.3) is 0 Å². The Hall–Kier alpha value is -0.120. The maximum Gasteiger partial charge on any atom is 0.0478 e.